The third-order valence-electron chi connectivity index (χ3n) is 3.57. The van der Waals surface area contributed by atoms with Crippen LogP contribution in [-0.2, 0) is 4.52 Å². The SMILES string of the molecule is CO[PH](O)(O)COc1cc(Br)c(Oc2ccc(O)c(C(C)C)c2)c(Br)c1. The normalized spacial score (nSPS) is 12.3. The molecule has 0 bridgehead atoms. The van der Waals surface area contributed by atoms with E-state index in [0.717, 1.165) is 5.56 Å². The molecule has 0 atom stereocenters. The fourth-order valence-electron chi connectivity index (χ4n) is 2.13. The molecular formula is C17H21Br2O6P. The summed E-state index contributed by atoms with van der Waals surface area (Å²) in [6.45, 7) is 3.98. The van der Waals surface area contributed by atoms with Crippen LogP contribution in [0.4, 0.5) is 0 Å². The Labute approximate surface area is 169 Å². The van der Waals surface area contributed by atoms with Gasteiger partial charge in [0, 0.05) is 0 Å². The third-order valence-corrected chi connectivity index (χ3v) is 5.92. The zero-order chi connectivity index (χ0) is 19.5. The van der Waals surface area contributed by atoms with Gasteiger partial charge in [0.1, 0.15) is 0 Å². The van der Waals surface area contributed by atoms with E-state index in [1.54, 1.807) is 30.3 Å². The van der Waals surface area contributed by atoms with Crippen LogP contribution in [0.25, 0.3) is 0 Å². The summed E-state index contributed by atoms with van der Waals surface area (Å²) < 4.78 is 17.2. The summed E-state index contributed by atoms with van der Waals surface area (Å²) in [5, 5.41) is 9.92. The second-order valence-electron chi connectivity index (χ2n) is 5.93. The van der Waals surface area contributed by atoms with Crippen molar-refractivity contribution in [3.8, 4) is 23.0 Å². The van der Waals surface area contributed by atoms with E-state index < -0.39 is 7.94 Å². The van der Waals surface area contributed by atoms with E-state index in [2.05, 4.69) is 36.4 Å². The van der Waals surface area contributed by atoms with Crippen molar-refractivity contribution in [1.29, 1.82) is 0 Å². The van der Waals surface area contributed by atoms with Crippen LogP contribution in [0, 0.1) is 0 Å². The van der Waals surface area contributed by atoms with Gasteiger partial charge in [0.25, 0.3) is 0 Å². The van der Waals surface area contributed by atoms with Gasteiger partial charge in [-0.2, -0.15) is 0 Å². The zero-order valence-corrected chi connectivity index (χ0v) is 18.7. The van der Waals surface area contributed by atoms with Crippen molar-refractivity contribution in [2.75, 3.05) is 13.5 Å². The van der Waals surface area contributed by atoms with Crippen LogP contribution in [-0.4, -0.2) is 28.4 Å². The van der Waals surface area contributed by atoms with Gasteiger partial charge in [-0.1, -0.05) is 0 Å². The standard InChI is InChI=1S/C17H21Br2O6P/c1-10(2)13-6-11(4-5-16(13)20)25-17-14(18)7-12(8-15(17)19)24-9-26(21,22)23-3/h4-8,10,20-22,26H,9H2,1-3H3. The third kappa shape index (κ3) is 5.55. The van der Waals surface area contributed by atoms with Crippen molar-refractivity contribution in [2.45, 2.75) is 19.8 Å². The molecule has 0 aliphatic rings. The maximum atomic E-state index is 9.92. The molecule has 9 heteroatoms. The van der Waals surface area contributed by atoms with Crippen LogP contribution in [0.1, 0.15) is 25.3 Å². The van der Waals surface area contributed by atoms with Gasteiger partial charge in [-0.3, -0.25) is 0 Å². The quantitative estimate of drug-likeness (QED) is 0.437. The van der Waals surface area contributed by atoms with Crippen LogP contribution < -0.4 is 9.47 Å². The number of hydrogen-bond donors (Lipinski definition) is 3. The molecule has 0 saturated carbocycles. The fourth-order valence-corrected chi connectivity index (χ4v) is 3.91. The zero-order valence-electron chi connectivity index (χ0n) is 14.5. The monoisotopic (exact) mass is 510 g/mol. The van der Waals surface area contributed by atoms with Crippen molar-refractivity contribution in [1.82, 2.24) is 0 Å². The van der Waals surface area contributed by atoms with E-state index in [0.29, 0.717) is 26.2 Å². The van der Waals surface area contributed by atoms with Gasteiger partial charge in [-0.05, 0) is 0 Å². The summed E-state index contributed by atoms with van der Waals surface area (Å²) >= 11 is 6.85. The Morgan fingerprint density at radius 3 is 2.19 bits per heavy atom. The molecular weight excluding hydrogens is 491 g/mol. The number of rotatable bonds is 7. The first kappa shape index (κ1) is 21.4. The molecule has 0 aromatic heterocycles. The number of halogens is 2. The van der Waals surface area contributed by atoms with Crippen LogP contribution in [0.15, 0.2) is 39.3 Å². The molecule has 2 aromatic carbocycles. The Morgan fingerprint density at radius 1 is 1.04 bits per heavy atom. The van der Waals surface area contributed by atoms with Crippen molar-refractivity contribution in [3.05, 3.63) is 44.8 Å². The molecule has 144 valence electrons. The Balaban J connectivity index is 2.22. The summed E-state index contributed by atoms with van der Waals surface area (Å²) in [7, 11) is -2.58. The fraction of sp³-hybridized carbons (Fsp3) is 0.294. The van der Waals surface area contributed by atoms with Crippen molar-refractivity contribution >= 4 is 39.8 Å². The summed E-state index contributed by atoms with van der Waals surface area (Å²) in [4.78, 5) is 19.1. The minimum absolute atomic E-state index is 0.156. The number of ether oxygens (including phenoxy) is 2. The van der Waals surface area contributed by atoms with Gasteiger partial charge in [0.15, 0.2) is 0 Å². The molecule has 0 aliphatic carbocycles. The van der Waals surface area contributed by atoms with Gasteiger partial charge >= 0.3 is 170 Å². The molecule has 3 N–H and O–H groups in total. The Morgan fingerprint density at radius 2 is 1.65 bits per heavy atom. The Kier molecular flexibility index (Phi) is 7.30. The molecule has 2 aromatic rings. The predicted octanol–water partition coefficient (Wildman–Crippen LogP) is 5.30. The molecule has 2 rings (SSSR count). The first-order chi connectivity index (χ1) is 12.1. The molecule has 0 heterocycles. The van der Waals surface area contributed by atoms with Gasteiger partial charge in [-0.15, -0.1) is 0 Å². The van der Waals surface area contributed by atoms with Crippen molar-refractivity contribution < 1.29 is 28.9 Å². The number of aromatic hydroxyl groups is 1. The molecule has 0 radical (unpaired) electrons. The summed E-state index contributed by atoms with van der Waals surface area (Å²) in [6.07, 6.45) is -0.321. The van der Waals surface area contributed by atoms with E-state index in [4.69, 9.17) is 9.47 Å². The summed E-state index contributed by atoms with van der Waals surface area (Å²) in [5.74, 6) is 1.91. The molecule has 0 fully saturated rings. The molecule has 0 saturated heterocycles. The van der Waals surface area contributed by atoms with Crippen LogP contribution in [0.3, 0.4) is 0 Å². The van der Waals surface area contributed by atoms with E-state index in [1.165, 1.54) is 7.11 Å². The Hall–Kier alpha value is -0.890. The minimum atomic E-state index is -3.80. The number of phenolic OH excluding ortho intramolecular Hbond substituents is 1. The first-order valence-corrected chi connectivity index (χ1v) is 11.3. The second kappa shape index (κ2) is 8.87. The molecule has 0 aliphatic heterocycles. The van der Waals surface area contributed by atoms with E-state index in [1.807, 2.05) is 13.8 Å². The van der Waals surface area contributed by atoms with Gasteiger partial charge < -0.3 is 0 Å². The first-order valence-electron chi connectivity index (χ1n) is 7.75. The topological polar surface area (TPSA) is 88.4 Å². The average molecular weight is 512 g/mol. The Bertz CT molecular complexity index is 759. The van der Waals surface area contributed by atoms with Gasteiger partial charge in [-0.25, -0.2) is 0 Å². The van der Waals surface area contributed by atoms with Crippen LogP contribution >= 0.6 is 39.8 Å². The summed E-state index contributed by atoms with van der Waals surface area (Å²) in [5.41, 5.74) is 0.793. The summed E-state index contributed by atoms with van der Waals surface area (Å²) in [6, 6.07) is 8.38. The van der Waals surface area contributed by atoms with Crippen molar-refractivity contribution in [2.24, 2.45) is 0 Å². The van der Waals surface area contributed by atoms with Crippen LogP contribution in [0.2, 0.25) is 0 Å². The van der Waals surface area contributed by atoms with Gasteiger partial charge in [0.2, 0.25) is 0 Å². The molecule has 0 amide bonds. The van der Waals surface area contributed by atoms with Crippen LogP contribution in [0.5, 0.6) is 23.0 Å². The molecule has 0 unspecified atom stereocenters. The number of benzene rings is 2. The average Bonchev–Trinajstić information content (AvgIpc) is 2.57. The molecule has 26 heavy (non-hydrogen) atoms. The number of phenols is 1. The molecule has 6 nitrogen and oxygen atoms in total. The second-order valence-corrected chi connectivity index (χ2v) is 9.82. The van der Waals surface area contributed by atoms with Gasteiger partial charge in [0.05, 0.1) is 0 Å². The van der Waals surface area contributed by atoms with E-state index >= 15 is 0 Å². The van der Waals surface area contributed by atoms with Crippen molar-refractivity contribution in [3.63, 3.8) is 0 Å². The molecule has 0 spiro atoms. The maximum absolute atomic E-state index is 9.92. The van der Waals surface area contributed by atoms with E-state index in [9.17, 15) is 14.9 Å². The predicted molar refractivity (Wildman–Crippen MR) is 109 cm³/mol. The van der Waals surface area contributed by atoms with E-state index in [-0.39, 0.29) is 18.0 Å². The number of hydrogen-bond acceptors (Lipinski definition) is 6.